The van der Waals surface area contributed by atoms with Gasteiger partial charge in [0.25, 0.3) is 5.91 Å². The van der Waals surface area contributed by atoms with E-state index in [0.717, 1.165) is 53.9 Å². The molecule has 2 aromatic carbocycles. The van der Waals surface area contributed by atoms with E-state index in [-0.39, 0.29) is 23.1 Å². The lowest BCUT2D eigenvalue weighted by molar-refractivity contribution is -0.116. The molecule has 1 amide bonds. The zero-order valence-electron chi connectivity index (χ0n) is 22.0. The van der Waals surface area contributed by atoms with E-state index in [4.69, 9.17) is 0 Å². The Balaban J connectivity index is 1.60. The summed E-state index contributed by atoms with van der Waals surface area (Å²) in [5.41, 5.74) is 5.07. The van der Waals surface area contributed by atoms with Gasteiger partial charge in [0.1, 0.15) is 10.7 Å². The lowest BCUT2D eigenvalue weighted by Gasteiger charge is -2.31. The molecule has 4 rings (SSSR count). The van der Waals surface area contributed by atoms with Gasteiger partial charge in [-0.1, -0.05) is 62.0 Å². The van der Waals surface area contributed by atoms with Crippen LogP contribution in [-0.2, 0) is 11.2 Å². The number of allylic oxidation sites excluding steroid dienone is 1. The van der Waals surface area contributed by atoms with Crippen LogP contribution in [0, 0.1) is 12.9 Å². The summed E-state index contributed by atoms with van der Waals surface area (Å²) in [5.74, 6) is -0.839. The Kier molecular flexibility index (Phi) is 9.24. The molecule has 0 atom stereocenters. The minimum Gasteiger partial charge on any atom is -0.509 e. The Labute approximate surface area is 228 Å². The Hall–Kier alpha value is -3.58. The number of hydrogen-bond acceptors (Lipinski definition) is 5. The summed E-state index contributed by atoms with van der Waals surface area (Å²) in [4.78, 5) is 20.2. The molecule has 198 valence electrons. The number of aryl methyl sites for hydroxylation is 1. The summed E-state index contributed by atoms with van der Waals surface area (Å²) in [5, 5.41) is 14.2. The van der Waals surface area contributed by atoms with E-state index in [1.165, 1.54) is 23.5 Å². The molecule has 1 aliphatic rings. The highest BCUT2D eigenvalue weighted by atomic mass is 32.2. The van der Waals surface area contributed by atoms with Crippen molar-refractivity contribution in [2.24, 2.45) is 0 Å². The third-order valence-electron chi connectivity index (χ3n) is 6.67. The van der Waals surface area contributed by atoms with Gasteiger partial charge in [-0.25, -0.2) is 4.98 Å². The van der Waals surface area contributed by atoms with E-state index in [0.29, 0.717) is 17.7 Å². The number of aliphatic hydroxyl groups excluding tert-OH is 1. The van der Waals surface area contributed by atoms with Crippen LogP contribution in [0.15, 0.2) is 88.6 Å². The van der Waals surface area contributed by atoms with Gasteiger partial charge in [-0.2, -0.15) is 4.39 Å². The number of anilines is 1. The van der Waals surface area contributed by atoms with Crippen molar-refractivity contribution in [3.05, 3.63) is 101 Å². The third-order valence-corrected chi connectivity index (χ3v) is 7.80. The zero-order chi connectivity index (χ0) is 27.1. The smallest absolute Gasteiger partial charge is 0.265 e. The first-order valence-electron chi connectivity index (χ1n) is 13.0. The average molecular weight is 532 g/mol. The zero-order valence-corrected chi connectivity index (χ0v) is 22.8. The SMILES string of the molecule is C=C(CCCC)NC(=O)/C(Sc1ccc(-c2ccnc(F)c2C)cc1)=C(/O)CN1CCCc2ccccc21. The maximum atomic E-state index is 14.0. The molecule has 0 spiro atoms. The van der Waals surface area contributed by atoms with E-state index in [1.54, 1.807) is 13.0 Å². The number of carbonyl (C=O) groups excluding carboxylic acids is 1. The second kappa shape index (κ2) is 12.8. The molecule has 0 unspecified atom stereocenters. The molecule has 0 fully saturated rings. The number of pyridine rings is 1. The van der Waals surface area contributed by atoms with Crippen LogP contribution in [0.2, 0.25) is 0 Å². The van der Waals surface area contributed by atoms with Gasteiger partial charge >= 0.3 is 0 Å². The molecule has 2 N–H and O–H groups in total. The van der Waals surface area contributed by atoms with Crippen molar-refractivity contribution in [3.8, 4) is 11.1 Å². The number of fused-ring (bicyclic) bond motifs is 1. The summed E-state index contributed by atoms with van der Waals surface area (Å²) in [6.45, 7) is 8.83. The van der Waals surface area contributed by atoms with E-state index in [1.807, 2.05) is 36.4 Å². The van der Waals surface area contributed by atoms with Crippen LogP contribution in [0.4, 0.5) is 10.1 Å². The first kappa shape index (κ1) is 27.5. The fourth-order valence-electron chi connectivity index (χ4n) is 4.58. The minimum atomic E-state index is -0.490. The van der Waals surface area contributed by atoms with E-state index >= 15 is 0 Å². The number of hydrogen-bond donors (Lipinski definition) is 2. The summed E-state index contributed by atoms with van der Waals surface area (Å²) >= 11 is 1.22. The maximum absolute atomic E-state index is 14.0. The van der Waals surface area contributed by atoms with E-state index in [9.17, 15) is 14.3 Å². The molecule has 1 aromatic heterocycles. The molecule has 38 heavy (non-hydrogen) atoms. The first-order valence-corrected chi connectivity index (χ1v) is 13.8. The van der Waals surface area contributed by atoms with Gasteiger partial charge in [0, 0.05) is 34.6 Å². The van der Waals surface area contributed by atoms with E-state index in [2.05, 4.69) is 40.8 Å². The fraction of sp³-hybridized carbons (Fsp3) is 0.290. The molecule has 3 aromatic rings. The van der Waals surface area contributed by atoms with Gasteiger partial charge in [-0.15, -0.1) is 0 Å². The summed E-state index contributed by atoms with van der Waals surface area (Å²) in [6.07, 6.45) is 6.06. The number of rotatable bonds is 10. The van der Waals surface area contributed by atoms with Gasteiger partial charge in [-0.3, -0.25) is 4.79 Å². The second-order valence-corrected chi connectivity index (χ2v) is 10.6. The number of aliphatic hydroxyl groups is 1. The predicted molar refractivity (Wildman–Crippen MR) is 154 cm³/mol. The van der Waals surface area contributed by atoms with Gasteiger partial charge in [0.15, 0.2) is 0 Å². The molecule has 7 heteroatoms. The molecule has 0 saturated carbocycles. The van der Waals surface area contributed by atoms with Crippen molar-refractivity contribution in [2.45, 2.75) is 50.8 Å². The highest BCUT2D eigenvalue weighted by molar-refractivity contribution is 8.04. The van der Waals surface area contributed by atoms with Gasteiger partial charge < -0.3 is 15.3 Å². The molecule has 1 aliphatic heterocycles. The fourth-order valence-corrected chi connectivity index (χ4v) is 5.41. The lowest BCUT2D eigenvalue weighted by atomic mass is 10.0. The van der Waals surface area contributed by atoms with Gasteiger partial charge in [-0.05, 0) is 73.6 Å². The van der Waals surface area contributed by atoms with Crippen molar-refractivity contribution in [3.63, 3.8) is 0 Å². The highest BCUT2D eigenvalue weighted by Gasteiger charge is 2.23. The number of thioether (sulfide) groups is 1. The standard InChI is InChI=1S/C31H34FN3O2S/c1-4-5-9-21(2)34-31(37)29(28(36)20-35-19-8-11-24-10-6-7-12-27(24)35)38-25-15-13-23(14-16-25)26-17-18-33-30(32)22(26)3/h6-7,10,12-18,36H,2,4-5,8-9,11,19-20H2,1,3H3,(H,34,37)/b29-28-. The van der Waals surface area contributed by atoms with Crippen LogP contribution >= 0.6 is 11.8 Å². The summed E-state index contributed by atoms with van der Waals surface area (Å²) in [7, 11) is 0. The molecular formula is C31H34FN3O2S. The average Bonchev–Trinajstić information content (AvgIpc) is 2.92. The molecular weight excluding hydrogens is 497 g/mol. The van der Waals surface area contributed by atoms with Crippen molar-refractivity contribution in [2.75, 3.05) is 18.0 Å². The number of para-hydroxylation sites is 1. The highest BCUT2D eigenvalue weighted by Crippen LogP contribution is 2.33. The van der Waals surface area contributed by atoms with Crippen LogP contribution in [-0.4, -0.2) is 29.1 Å². The second-order valence-electron chi connectivity index (χ2n) is 9.49. The number of unbranched alkanes of at least 4 members (excludes halogenated alkanes) is 1. The summed E-state index contributed by atoms with van der Waals surface area (Å²) < 4.78 is 14.0. The number of nitrogens with zero attached hydrogens (tertiary/aromatic N) is 2. The normalized spacial score (nSPS) is 13.5. The largest absolute Gasteiger partial charge is 0.509 e. The van der Waals surface area contributed by atoms with Crippen LogP contribution in [0.1, 0.15) is 43.7 Å². The molecule has 0 aliphatic carbocycles. The number of benzene rings is 2. The Morgan fingerprint density at radius 3 is 2.71 bits per heavy atom. The van der Waals surface area contributed by atoms with Crippen LogP contribution in [0.3, 0.4) is 0 Å². The number of nitrogens with one attached hydrogen (secondary N) is 1. The molecule has 0 radical (unpaired) electrons. The van der Waals surface area contributed by atoms with Crippen molar-refractivity contribution < 1.29 is 14.3 Å². The quantitative estimate of drug-likeness (QED) is 0.124. The van der Waals surface area contributed by atoms with E-state index < -0.39 is 5.95 Å². The number of halogens is 1. The third kappa shape index (κ3) is 6.64. The number of carbonyl (C=O) groups is 1. The predicted octanol–water partition coefficient (Wildman–Crippen LogP) is 7.33. The van der Waals surface area contributed by atoms with Crippen molar-refractivity contribution in [1.29, 1.82) is 0 Å². The Morgan fingerprint density at radius 1 is 1.18 bits per heavy atom. The summed E-state index contributed by atoms with van der Waals surface area (Å²) in [6, 6.07) is 17.5. The Morgan fingerprint density at radius 2 is 1.95 bits per heavy atom. The van der Waals surface area contributed by atoms with Crippen LogP contribution < -0.4 is 10.2 Å². The van der Waals surface area contributed by atoms with Gasteiger partial charge in [0.05, 0.1) is 6.54 Å². The maximum Gasteiger partial charge on any atom is 0.265 e. The van der Waals surface area contributed by atoms with Gasteiger partial charge in [0.2, 0.25) is 5.95 Å². The Bertz CT molecular complexity index is 1340. The monoisotopic (exact) mass is 531 g/mol. The minimum absolute atomic E-state index is 0.0172. The number of aromatic nitrogens is 1. The van der Waals surface area contributed by atoms with Crippen molar-refractivity contribution in [1.82, 2.24) is 10.3 Å². The number of amides is 1. The molecule has 2 heterocycles. The molecule has 0 saturated heterocycles. The lowest BCUT2D eigenvalue weighted by Crippen LogP contribution is -2.33. The van der Waals surface area contributed by atoms with Crippen LogP contribution in [0.25, 0.3) is 11.1 Å². The van der Waals surface area contributed by atoms with Crippen molar-refractivity contribution >= 4 is 23.4 Å². The molecule has 5 nitrogen and oxygen atoms in total. The molecule has 0 bridgehead atoms. The first-order chi connectivity index (χ1) is 18.4. The van der Waals surface area contributed by atoms with Crippen LogP contribution in [0.5, 0.6) is 0 Å². The topological polar surface area (TPSA) is 65.5 Å².